The van der Waals surface area contributed by atoms with Crippen molar-refractivity contribution >= 4 is 77.7 Å². The number of hydrogen-bond donors (Lipinski definition) is 0. The van der Waals surface area contributed by atoms with Gasteiger partial charge in [-0.25, -0.2) is 45.1 Å². The van der Waals surface area contributed by atoms with Crippen LogP contribution < -0.4 is 0 Å². The number of hydrogen-bond acceptors (Lipinski definition) is 8. The topological polar surface area (TPSA) is 25.8 Å². The number of rotatable bonds is 6. The third-order valence-corrected chi connectivity index (χ3v) is 14.2. The van der Waals surface area contributed by atoms with Crippen molar-refractivity contribution in [3.05, 3.63) is 107 Å². The van der Waals surface area contributed by atoms with Gasteiger partial charge in [0.05, 0.1) is 9.75 Å². The van der Waals surface area contributed by atoms with Crippen LogP contribution in [0.5, 0.6) is 0 Å². The third-order valence-electron chi connectivity index (χ3n) is 7.04. The fourth-order valence-corrected chi connectivity index (χ4v) is 11.1. The molecule has 0 N–H and O–H groups in total. The number of halogens is 8. The predicted molar refractivity (Wildman–Crippen MR) is 179 cm³/mol. The maximum atomic E-state index is 14.3. The number of thiazole rings is 2. The first-order chi connectivity index (χ1) is 23.0. The lowest BCUT2D eigenvalue weighted by atomic mass is 10.1. The molecule has 8 rings (SSSR count). The van der Waals surface area contributed by atoms with Gasteiger partial charge in [-0.2, -0.15) is 0 Å². The van der Waals surface area contributed by atoms with Crippen LogP contribution in [-0.4, -0.2) is 9.97 Å². The Morgan fingerprint density at radius 1 is 0.333 bits per heavy atom. The van der Waals surface area contributed by atoms with E-state index < -0.39 is 46.5 Å². The molecular formula is C32H10F8N2S6. The van der Waals surface area contributed by atoms with Crippen LogP contribution in [0.25, 0.3) is 69.8 Å². The molecule has 0 bridgehead atoms. The molecule has 6 heterocycles. The van der Waals surface area contributed by atoms with Crippen molar-refractivity contribution in [1.29, 1.82) is 0 Å². The highest BCUT2D eigenvalue weighted by atomic mass is 32.1. The molecule has 0 aliphatic rings. The predicted octanol–water partition coefficient (Wildman–Crippen LogP) is 13.1. The summed E-state index contributed by atoms with van der Waals surface area (Å²) in [6.07, 6.45) is 0. The average molecular weight is 767 g/mol. The molecule has 16 heteroatoms. The maximum absolute atomic E-state index is 14.3. The van der Waals surface area contributed by atoms with Crippen LogP contribution in [0.4, 0.5) is 35.1 Å². The summed E-state index contributed by atoms with van der Waals surface area (Å²) in [5.74, 6) is -13.2. The van der Waals surface area contributed by atoms with Crippen LogP contribution >= 0.6 is 68.0 Å². The normalized spacial score (nSPS) is 11.8. The Balaban J connectivity index is 1.01. The number of benzene rings is 2. The highest BCUT2D eigenvalue weighted by Crippen LogP contribution is 2.46. The first-order valence-corrected chi connectivity index (χ1v) is 18.3. The molecule has 0 amide bonds. The number of aromatic nitrogens is 2. The highest BCUT2D eigenvalue weighted by molar-refractivity contribution is 7.33. The molecular weight excluding hydrogens is 757 g/mol. The molecule has 0 aliphatic heterocycles. The van der Waals surface area contributed by atoms with E-state index in [4.69, 9.17) is 9.97 Å². The van der Waals surface area contributed by atoms with E-state index in [-0.39, 0.29) is 20.9 Å². The van der Waals surface area contributed by atoms with Crippen LogP contribution in [-0.2, 0) is 0 Å². The van der Waals surface area contributed by atoms with E-state index >= 15 is 0 Å². The summed E-state index contributed by atoms with van der Waals surface area (Å²) in [7, 11) is 0. The van der Waals surface area contributed by atoms with Gasteiger partial charge in [0.1, 0.15) is 10.0 Å². The summed E-state index contributed by atoms with van der Waals surface area (Å²) in [5.41, 5.74) is -0.707. The first kappa shape index (κ1) is 31.5. The molecule has 2 nitrogen and oxygen atoms in total. The van der Waals surface area contributed by atoms with Crippen LogP contribution in [0.1, 0.15) is 0 Å². The Labute approximate surface area is 288 Å². The number of thiophene rings is 4. The van der Waals surface area contributed by atoms with E-state index in [1.165, 1.54) is 57.5 Å². The summed E-state index contributed by atoms with van der Waals surface area (Å²) in [5, 5.41) is 1.49. The molecule has 48 heavy (non-hydrogen) atoms. The minimum atomic E-state index is -1.85. The summed E-state index contributed by atoms with van der Waals surface area (Å²) in [6.45, 7) is 0. The summed E-state index contributed by atoms with van der Waals surface area (Å²) in [6, 6.07) is 15.3. The van der Waals surface area contributed by atoms with E-state index in [1.807, 2.05) is 24.3 Å². The minimum absolute atomic E-state index is 0.255. The molecule has 0 fully saturated rings. The lowest BCUT2D eigenvalue weighted by Gasteiger charge is -2.03. The standard InChI is InChI=1S/C32H10F8N2S6/c33-13-9-11(23(35)27(39)25(13)37)15-1-3-17(43-15)19-5-7-21(45-19)29-41-31-32(47-29)42-30(48-31)22-8-6-20(46-22)18-4-2-16(44-18)12-10-14(34)26(38)28(40)24(12)36/h1-10H. The molecule has 0 aliphatic carbocycles. The van der Waals surface area contributed by atoms with E-state index in [1.54, 1.807) is 12.1 Å². The summed E-state index contributed by atoms with van der Waals surface area (Å²) >= 11 is 7.94. The van der Waals surface area contributed by atoms with E-state index in [0.717, 1.165) is 71.6 Å². The highest BCUT2D eigenvalue weighted by Gasteiger charge is 2.23. The van der Waals surface area contributed by atoms with Gasteiger partial charge in [0.2, 0.25) is 0 Å². The fraction of sp³-hybridized carbons (Fsp3) is 0. The van der Waals surface area contributed by atoms with E-state index in [9.17, 15) is 35.1 Å². The molecule has 0 saturated heterocycles. The Morgan fingerprint density at radius 2 is 0.646 bits per heavy atom. The second-order valence-electron chi connectivity index (χ2n) is 10.00. The van der Waals surface area contributed by atoms with Gasteiger partial charge >= 0.3 is 0 Å². The lowest BCUT2D eigenvalue weighted by molar-refractivity contribution is 0.411. The molecule has 8 aromatic rings. The Kier molecular flexibility index (Phi) is 7.84. The Morgan fingerprint density at radius 3 is 1.02 bits per heavy atom. The second-order valence-corrected chi connectivity index (χ2v) is 16.3. The zero-order valence-corrected chi connectivity index (χ0v) is 28.0. The molecule has 0 saturated carbocycles. The third kappa shape index (κ3) is 5.31. The van der Waals surface area contributed by atoms with Gasteiger partial charge in [0.15, 0.2) is 56.2 Å². The summed E-state index contributed by atoms with van der Waals surface area (Å²) in [4.78, 5) is 16.4. The van der Waals surface area contributed by atoms with Crippen molar-refractivity contribution in [3.63, 3.8) is 0 Å². The van der Waals surface area contributed by atoms with Crippen LogP contribution in [0.3, 0.4) is 0 Å². The van der Waals surface area contributed by atoms with E-state index in [0.29, 0.717) is 12.1 Å². The largest absolute Gasteiger partial charge is 0.222 e. The quantitative estimate of drug-likeness (QED) is 0.0957. The van der Waals surface area contributed by atoms with Crippen molar-refractivity contribution < 1.29 is 35.1 Å². The van der Waals surface area contributed by atoms with Gasteiger partial charge in [-0.3, -0.25) is 0 Å². The molecule has 6 aromatic heterocycles. The van der Waals surface area contributed by atoms with Crippen molar-refractivity contribution in [2.45, 2.75) is 0 Å². The molecule has 0 spiro atoms. The SMILES string of the molecule is Fc1cc(-c2ccc(-c3ccc(-c4nc5sc(-c6ccc(-c7ccc(-c8cc(F)c(F)c(F)c8F)s7)s6)nc5s4)s3)s2)c(F)c(F)c1F. The minimum Gasteiger partial charge on any atom is -0.222 e. The van der Waals surface area contributed by atoms with Crippen LogP contribution in [0.15, 0.2) is 60.7 Å². The van der Waals surface area contributed by atoms with Gasteiger partial charge in [-0.15, -0.1) is 45.3 Å². The zero-order valence-electron chi connectivity index (χ0n) is 23.1. The maximum Gasteiger partial charge on any atom is 0.198 e. The smallest absolute Gasteiger partial charge is 0.198 e. The van der Waals surface area contributed by atoms with Crippen molar-refractivity contribution in [1.82, 2.24) is 9.97 Å². The van der Waals surface area contributed by atoms with Crippen molar-refractivity contribution in [2.24, 2.45) is 0 Å². The van der Waals surface area contributed by atoms with Crippen molar-refractivity contribution in [3.8, 4) is 60.2 Å². The Bertz CT molecular complexity index is 2330. The zero-order chi connectivity index (χ0) is 33.4. The van der Waals surface area contributed by atoms with Crippen LogP contribution in [0, 0.1) is 46.5 Å². The van der Waals surface area contributed by atoms with Gasteiger partial charge in [-0.1, -0.05) is 22.7 Å². The molecule has 0 radical (unpaired) electrons. The molecule has 0 unspecified atom stereocenters. The number of nitrogens with zero attached hydrogens (tertiary/aromatic N) is 2. The second kappa shape index (κ2) is 12.0. The van der Waals surface area contributed by atoms with Gasteiger partial charge in [0.25, 0.3) is 0 Å². The number of fused-ring (bicyclic) bond motifs is 1. The van der Waals surface area contributed by atoms with Gasteiger partial charge < -0.3 is 0 Å². The van der Waals surface area contributed by atoms with Crippen LogP contribution in [0.2, 0.25) is 0 Å². The van der Waals surface area contributed by atoms with Gasteiger partial charge in [0, 0.05) is 40.4 Å². The molecule has 0 atom stereocenters. The average Bonchev–Trinajstić information content (AvgIpc) is 3.90. The Hall–Kier alpha value is -3.80. The lowest BCUT2D eigenvalue weighted by Crippen LogP contribution is -1.97. The summed E-state index contributed by atoms with van der Waals surface area (Å²) < 4.78 is 111. The molecule has 240 valence electrons. The van der Waals surface area contributed by atoms with E-state index in [2.05, 4.69) is 0 Å². The molecule has 2 aromatic carbocycles. The fourth-order valence-electron chi connectivity index (χ4n) is 4.76. The van der Waals surface area contributed by atoms with Crippen molar-refractivity contribution in [2.75, 3.05) is 0 Å². The monoisotopic (exact) mass is 766 g/mol. The first-order valence-electron chi connectivity index (χ1n) is 13.4. The van der Waals surface area contributed by atoms with Gasteiger partial charge in [-0.05, 0) is 60.7 Å².